The molecule has 0 aromatic rings. The summed E-state index contributed by atoms with van der Waals surface area (Å²) in [6.07, 6.45) is 11.2. The van der Waals surface area contributed by atoms with E-state index in [1.54, 1.807) is 6.92 Å². The van der Waals surface area contributed by atoms with Gasteiger partial charge in [-0.15, -0.1) is 6.61 Å². The van der Waals surface area contributed by atoms with Gasteiger partial charge in [0, 0.05) is 5.97 Å². The average molecular weight is 280 g/mol. The number of carboxylic acids is 1. The Morgan fingerprint density at radius 2 is 1.11 bits per heavy atom. The Balaban J connectivity index is -0.000000204. The summed E-state index contributed by atoms with van der Waals surface area (Å²) in [6.45, 7) is 3.79. The minimum absolute atomic E-state index is 0. The Bertz CT molecular complexity index is 156. The summed E-state index contributed by atoms with van der Waals surface area (Å²) in [4.78, 5) is 10.1. The summed E-state index contributed by atoms with van der Waals surface area (Å²) in [6, 6.07) is 0. The van der Waals surface area contributed by atoms with Gasteiger partial charge in [-0.3, -0.25) is 0 Å². The first-order valence-corrected chi connectivity index (χ1v) is 6.96. The normalized spacial score (nSPS) is 8.58. The molecule has 8 N–H and O–H groups in total. The molecule has 19 heavy (non-hydrogen) atoms. The van der Waals surface area contributed by atoms with Gasteiger partial charge in [-0.05, 0) is 12.8 Å². The van der Waals surface area contributed by atoms with E-state index >= 15 is 0 Å². The molecule has 0 aromatic heterocycles. The lowest BCUT2D eigenvalue weighted by molar-refractivity contribution is -0.361. The molecule has 0 aliphatic carbocycles. The number of carbonyl (C=O) groups excluding carboxylic acids is 1. The van der Waals surface area contributed by atoms with Crippen LogP contribution in [0.25, 0.3) is 0 Å². The molecule has 0 radical (unpaired) electrons. The van der Waals surface area contributed by atoms with Crippen molar-refractivity contribution in [2.45, 2.75) is 78.1 Å². The number of rotatable bonds is 10. The quantitative estimate of drug-likeness (QED) is 0.595. The molecule has 5 heteroatoms. The third kappa shape index (κ3) is 38.2. The Morgan fingerprint density at radius 3 is 1.42 bits per heavy atom. The van der Waals surface area contributed by atoms with Crippen molar-refractivity contribution in [3.63, 3.8) is 0 Å². The molecule has 0 unspecified atom stereocenters. The highest BCUT2D eigenvalue weighted by Crippen LogP contribution is 2.09. The third-order valence-electron chi connectivity index (χ3n) is 2.48. The van der Waals surface area contributed by atoms with Gasteiger partial charge in [-0.2, -0.15) is 0 Å². The highest BCUT2D eigenvalue weighted by Gasteiger charge is 1.92. The van der Waals surface area contributed by atoms with Crippen molar-refractivity contribution >= 4 is 5.97 Å². The Labute approximate surface area is 119 Å². The fourth-order valence-corrected chi connectivity index (χ4v) is 1.58. The van der Waals surface area contributed by atoms with E-state index in [-0.39, 0.29) is 25.3 Å². The molecule has 0 atom stereocenters. The number of quaternary nitrogens is 2. The molecule has 0 heterocycles. The second-order valence-corrected chi connectivity index (χ2v) is 4.24. The van der Waals surface area contributed by atoms with E-state index in [4.69, 9.17) is 5.11 Å². The predicted octanol–water partition coefficient (Wildman–Crippen LogP) is 2.78. The molecule has 5 nitrogen and oxygen atoms in total. The monoisotopic (exact) mass is 280 g/mol. The maximum Gasteiger partial charge on any atom is 0.0414 e. The summed E-state index contributed by atoms with van der Waals surface area (Å²) in [5.74, 6) is -0.909. The van der Waals surface area contributed by atoms with Gasteiger partial charge in [0.05, 0.1) is 0 Å². The summed E-state index contributed by atoms with van der Waals surface area (Å²) in [5.41, 5.74) is 0. The van der Waals surface area contributed by atoms with Gasteiger partial charge >= 0.3 is 0 Å². The molecule has 0 amide bonds. The lowest BCUT2D eigenvalue weighted by Gasteiger charge is -2.02. The Morgan fingerprint density at radius 1 is 0.789 bits per heavy atom. The second kappa shape index (κ2) is 26.0. The summed E-state index contributed by atoms with van der Waals surface area (Å²) in [7, 11) is 0. The molecule has 0 aliphatic rings. The lowest BCUT2D eigenvalue weighted by Crippen LogP contribution is -2.21. The highest BCUT2D eigenvalue weighted by atomic mass is 16.4. The molecule has 120 valence electrons. The largest absolute Gasteiger partial charge is 0.855 e. The molecule has 0 aromatic carbocycles. The lowest BCUT2D eigenvalue weighted by atomic mass is 10.1. The minimum Gasteiger partial charge on any atom is -0.855 e. The van der Waals surface area contributed by atoms with Gasteiger partial charge in [-0.25, -0.2) is 0 Å². The molecule has 0 spiro atoms. The van der Waals surface area contributed by atoms with Crippen LogP contribution in [0, 0.1) is 0 Å². The molecule has 0 rings (SSSR count). The first-order chi connectivity index (χ1) is 8.18. The van der Waals surface area contributed by atoms with E-state index in [9.17, 15) is 9.90 Å². The fraction of sp³-hybridized carbons (Fsp3) is 0.929. The minimum atomic E-state index is -0.909. The van der Waals surface area contributed by atoms with E-state index < -0.39 is 5.97 Å². The number of aliphatic carboxylic acids is 1. The van der Waals surface area contributed by atoms with Crippen LogP contribution in [0.15, 0.2) is 0 Å². The van der Waals surface area contributed by atoms with Crippen LogP contribution in [-0.4, -0.2) is 12.6 Å². The molecule has 0 bridgehead atoms. The SMILES string of the molecule is CCCCCCCCCCCC(=O)[O-].CC[O-].[NH4+].[NH4+]. The fourth-order valence-electron chi connectivity index (χ4n) is 1.58. The van der Waals surface area contributed by atoms with Gasteiger partial charge in [0.2, 0.25) is 0 Å². The summed E-state index contributed by atoms with van der Waals surface area (Å²) >= 11 is 0. The van der Waals surface area contributed by atoms with Crippen LogP contribution >= 0.6 is 0 Å². The topological polar surface area (TPSA) is 136 Å². The number of hydrogen-bond acceptors (Lipinski definition) is 3. The van der Waals surface area contributed by atoms with E-state index in [0.717, 1.165) is 12.8 Å². The molecular formula is C14H36N2O3. The van der Waals surface area contributed by atoms with Crippen LogP contribution in [0.5, 0.6) is 0 Å². The zero-order valence-electron chi connectivity index (χ0n) is 13.5. The zero-order chi connectivity index (χ0) is 13.4. The van der Waals surface area contributed by atoms with Crippen molar-refractivity contribution in [1.29, 1.82) is 0 Å². The van der Waals surface area contributed by atoms with Crippen LogP contribution in [0.4, 0.5) is 0 Å². The van der Waals surface area contributed by atoms with Gasteiger partial charge in [0.1, 0.15) is 0 Å². The van der Waals surface area contributed by atoms with Crippen LogP contribution in [0.2, 0.25) is 0 Å². The standard InChI is InChI=1S/C12H24O2.C2H5O.2H3N/c1-2-3-4-5-6-7-8-9-10-11-12(13)14;1-2-3;;/h2-11H2,1H3,(H,13,14);2H2,1H3;2*1H3/q;-1;;/p+1. The Hall–Kier alpha value is -0.650. The van der Waals surface area contributed by atoms with Gasteiger partial charge in [-0.1, -0.05) is 65.2 Å². The van der Waals surface area contributed by atoms with Crippen LogP contribution in [0.3, 0.4) is 0 Å². The van der Waals surface area contributed by atoms with Crippen LogP contribution in [-0.2, 0) is 4.79 Å². The molecule has 0 saturated carbocycles. The molecule has 0 saturated heterocycles. The van der Waals surface area contributed by atoms with Crippen LogP contribution in [0.1, 0.15) is 78.1 Å². The first-order valence-electron chi connectivity index (χ1n) is 6.96. The maximum atomic E-state index is 10.1. The number of carbonyl (C=O) groups is 1. The van der Waals surface area contributed by atoms with Crippen molar-refractivity contribution in [2.24, 2.45) is 0 Å². The highest BCUT2D eigenvalue weighted by molar-refractivity contribution is 5.63. The molecule has 0 aliphatic heterocycles. The van der Waals surface area contributed by atoms with Crippen molar-refractivity contribution < 1.29 is 15.0 Å². The van der Waals surface area contributed by atoms with E-state index in [2.05, 4.69) is 6.92 Å². The van der Waals surface area contributed by atoms with Crippen molar-refractivity contribution in [1.82, 2.24) is 12.3 Å². The van der Waals surface area contributed by atoms with Gasteiger partial charge in [0.25, 0.3) is 0 Å². The maximum absolute atomic E-state index is 10.1. The van der Waals surface area contributed by atoms with E-state index in [1.807, 2.05) is 0 Å². The average Bonchev–Trinajstić information content (AvgIpc) is 2.27. The van der Waals surface area contributed by atoms with Crippen LogP contribution < -0.4 is 22.5 Å². The van der Waals surface area contributed by atoms with E-state index in [1.165, 1.54) is 44.9 Å². The third-order valence-corrected chi connectivity index (χ3v) is 2.48. The first kappa shape index (κ1) is 26.8. The Kier molecular flexibility index (Phi) is 36.7. The number of hydrogen-bond donors (Lipinski definition) is 2. The number of carboxylic acid groups (broad SMARTS) is 1. The second-order valence-electron chi connectivity index (χ2n) is 4.24. The van der Waals surface area contributed by atoms with Crippen molar-refractivity contribution in [3.05, 3.63) is 0 Å². The summed E-state index contributed by atoms with van der Waals surface area (Å²) in [5, 5.41) is 19.0. The molecule has 0 fully saturated rings. The molecular weight excluding hydrogens is 244 g/mol. The van der Waals surface area contributed by atoms with E-state index in [0.29, 0.717) is 0 Å². The smallest absolute Gasteiger partial charge is 0.0414 e. The van der Waals surface area contributed by atoms with Gasteiger partial charge < -0.3 is 27.3 Å². The van der Waals surface area contributed by atoms with Crippen molar-refractivity contribution in [2.75, 3.05) is 6.61 Å². The van der Waals surface area contributed by atoms with Gasteiger partial charge in [0.15, 0.2) is 0 Å². The number of unbranched alkanes of at least 4 members (excludes halogenated alkanes) is 8. The zero-order valence-corrected chi connectivity index (χ0v) is 13.5. The van der Waals surface area contributed by atoms with Crippen molar-refractivity contribution in [3.8, 4) is 0 Å². The predicted molar refractivity (Wildman–Crippen MR) is 79.4 cm³/mol. The summed E-state index contributed by atoms with van der Waals surface area (Å²) < 4.78 is 0.